The molecular formula is C20H20N4O4. The van der Waals surface area contributed by atoms with Gasteiger partial charge in [-0.15, -0.1) is 0 Å². The molecule has 0 radical (unpaired) electrons. The van der Waals surface area contributed by atoms with E-state index in [0.717, 1.165) is 15.5 Å². The van der Waals surface area contributed by atoms with E-state index in [1.165, 1.54) is 6.92 Å². The number of pyridine rings is 1. The second-order valence-corrected chi connectivity index (χ2v) is 6.03. The normalized spacial score (nSPS) is 10.7. The number of benzene rings is 1. The Morgan fingerprint density at radius 2 is 1.93 bits per heavy atom. The van der Waals surface area contributed by atoms with Gasteiger partial charge in [0, 0.05) is 23.5 Å². The lowest BCUT2D eigenvalue weighted by molar-refractivity contribution is 0.0513. The van der Waals surface area contributed by atoms with Gasteiger partial charge in [-0.25, -0.2) is 9.48 Å². The summed E-state index contributed by atoms with van der Waals surface area (Å²) < 4.78 is 6.15. The monoisotopic (exact) mass is 380 g/mol. The summed E-state index contributed by atoms with van der Waals surface area (Å²) in [5.74, 6) is -1.22. The maximum atomic E-state index is 12.9. The molecule has 0 aliphatic rings. The highest BCUT2D eigenvalue weighted by molar-refractivity contribution is 6.09. The van der Waals surface area contributed by atoms with Crippen molar-refractivity contribution in [1.29, 1.82) is 0 Å². The first-order valence-electron chi connectivity index (χ1n) is 8.90. The standard InChI is InChI=1S/C20H20N4O4/c1-4-24-19(26)17(16(12(3)25)18(23-24)20(27)28-5-2)22-15-11-21-10-13-8-6-7-9-14(13)15/h6-11,22H,4-5H2,1-3H3. The van der Waals surface area contributed by atoms with Crippen LogP contribution in [0.25, 0.3) is 10.8 Å². The Balaban J connectivity index is 2.26. The van der Waals surface area contributed by atoms with Crippen LogP contribution < -0.4 is 10.9 Å². The molecule has 28 heavy (non-hydrogen) atoms. The molecule has 0 fully saturated rings. The number of aryl methyl sites for hydroxylation is 1. The fraction of sp³-hybridized carbons (Fsp3) is 0.250. The van der Waals surface area contributed by atoms with Crippen LogP contribution >= 0.6 is 0 Å². The topological polar surface area (TPSA) is 103 Å². The second-order valence-electron chi connectivity index (χ2n) is 6.03. The van der Waals surface area contributed by atoms with Crippen LogP contribution in [0.3, 0.4) is 0 Å². The Hall–Kier alpha value is -3.55. The Kier molecular flexibility index (Phi) is 5.49. The predicted molar refractivity (Wildman–Crippen MR) is 105 cm³/mol. The molecule has 144 valence electrons. The highest BCUT2D eigenvalue weighted by Crippen LogP contribution is 2.26. The molecule has 8 nitrogen and oxygen atoms in total. The van der Waals surface area contributed by atoms with Gasteiger partial charge in [0.25, 0.3) is 5.56 Å². The number of ether oxygens (including phenoxy) is 1. The van der Waals surface area contributed by atoms with Crippen molar-refractivity contribution in [2.75, 3.05) is 11.9 Å². The van der Waals surface area contributed by atoms with Crippen molar-refractivity contribution >= 4 is 33.9 Å². The largest absolute Gasteiger partial charge is 0.461 e. The van der Waals surface area contributed by atoms with Gasteiger partial charge in [0.05, 0.1) is 24.1 Å². The maximum absolute atomic E-state index is 12.9. The number of esters is 1. The van der Waals surface area contributed by atoms with E-state index < -0.39 is 17.3 Å². The van der Waals surface area contributed by atoms with E-state index in [1.807, 2.05) is 24.3 Å². The molecule has 0 spiro atoms. The summed E-state index contributed by atoms with van der Waals surface area (Å²) >= 11 is 0. The summed E-state index contributed by atoms with van der Waals surface area (Å²) in [5, 5.41) is 8.75. The highest BCUT2D eigenvalue weighted by Gasteiger charge is 2.26. The van der Waals surface area contributed by atoms with Gasteiger partial charge in [-0.3, -0.25) is 14.6 Å². The lowest BCUT2D eigenvalue weighted by atomic mass is 10.1. The number of nitrogens with one attached hydrogen (secondary N) is 1. The molecule has 0 amide bonds. The van der Waals surface area contributed by atoms with Crippen molar-refractivity contribution < 1.29 is 14.3 Å². The van der Waals surface area contributed by atoms with Gasteiger partial charge in [-0.2, -0.15) is 5.10 Å². The number of hydrogen-bond donors (Lipinski definition) is 1. The lowest BCUT2D eigenvalue weighted by Crippen LogP contribution is -2.31. The van der Waals surface area contributed by atoms with Crippen LogP contribution in [0.2, 0.25) is 0 Å². The first kappa shape index (κ1) is 19.2. The zero-order chi connectivity index (χ0) is 20.3. The van der Waals surface area contributed by atoms with Crippen LogP contribution in [0.15, 0.2) is 41.5 Å². The van der Waals surface area contributed by atoms with Crippen LogP contribution in [0.1, 0.15) is 41.6 Å². The molecule has 0 aliphatic carbocycles. The molecule has 8 heteroatoms. The van der Waals surface area contributed by atoms with E-state index >= 15 is 0 Å². The van der Waals surface area contributed by atoms with Crippen LogP contribution in [-0.2, 0) is 11.3 Å². The minimum atomic E-state index is -0.756. The number of ketones is 1. The van der Waals surface area contributed by atoms with Crippen LogP contribution in [0, 0.1) is 0 Å². The summed E-state index contributed by atoms with van der Waals surface area (Å²) in [4.78, 5) is 41.8. The molecule has 0 unspecified atom stereocenters. The molecule has 2 heterocycles. The molecule has 1 N–H and O–H groups in total. The Morgan fingerprint density at radius 3 is 2.61 bits per heavy atom. The van der Waals surface area contributed by atoms with E-state index in [-0.39, 0.29) is 30.1 Å². The molecule has 0 aliphatic heterocycles. The van der Waals surface area contributed by atoms with Crippen molar-refractivity contribution in [3.05, 3.63) is 58.3 Å². The number of Topliss-reactive ketones (excluding diaryl/α,β-unsaturated/α-hetero) is 1. The van der Waals surface area contributed by atoms with Gasteiger partial charge in [0.1, 0.15) is 5.69 Å². The molecule has 3 aromatic rings. The van der Waals surface area contributed by atoms with Gasteiger partial charge in [0.15, 0.2) is 11.5 Å². The summed E-state index contributed by atoms with van der Waals surface area (Å²) in [6, 6.07) is 7.50. The molecule has 2 aromatic heterocycles. The number of carbonyl (C=O) groups excluding carboxylic acids is 2. The van der Waals surface area contributed by atoms with Crippen LogP contribution in [0.4, 0.5) is 11.4 Å². The highest BCUT2D eigenvalue weighted by atomic mass is 16.5. The molecule has 3 rings (SSSR count). The molecule has 1 aromatic carbocycles. The number of nitrogens with zero attached hydrogens (tertiary/aromatic N) is 3. The van der Waals surface area contributed by atoms with Gasteiger partial charge < -0.3 is 10.1 Å². The maximum Gasteiger partial charge on any atom is 0.359 e. The van der Waals surface area contributed by atoms with Crippen LogP contribution in [-0.4, -0.2) is 33.1 Å². The van der Waals surface area contributed by atoms with E-state index in [1.54, 1.807) is 26.2 Å². The smallest absolute Gasteiger partial charge is 0.359 e. The van der Waals surface area contributed by atoms with E-state index in [0.29, 0.717) is 5.69 Å². The molecule has 0 bridgehead atoms. The van der Waals surface area contributed by atoms with Crippen molar-refractivity contribution in [3.8, 4) is 0 Å². The third-order valence-electron chi connectivity index (χ3n) is 4.20. The Labute approximate surface area is 161 Å². The number of hydrogen-bond acceptors (Lipinski definition) is 7. The minimum Gasteiger partial charge on any atom is -0.461 e. The average molecular weight is 380 g/mol. The summed E-state index contributed by atoms with van der Waals surface area (Å²) in [6.45, 7) is 5.01. The number of aromatic nitrogens is 3. The second kappa shape index (κ2) is 7.99. The molecule has 0 saturated heterocycles. The average Bonchev–Trinajstić information content (AvgIpc) is 2.69. The summed E-state index contributed by atoms with van der Waals surface area (Å²) in [5.41, 5.74) is -0.270. The van der Waals surface area contributed by atoms with Crippen molar-refractivity contribution in [1.82, 2.24) is 14.8 Å². The first-order valence-corrected chi connectivity index (χ1v) is 8.90. The zero-order valence-electron chi connectivity index (χ0n) is 15.9. The summed E-state index contributed by atoms with van der Waals surface area (Å²) in [7, 11) is 0. The van der Waals surface area contributed by atoms with E-state index in [9.17, 15) is 14.4 Å². The third kappa shape index (κ3) is 3.48. The lowest BCUT2D eigenvalue weighted by Gasteiger charge is -2.16. The van der Waals surface area contributed by atoms with E-state index in [2.05, 4.69) is 15.4 Å². The number of rotatable bonds is 6. The van der Waals surface area contributed by atoms with Crippen molar-refractivity contribution in [2.24, 2.45) is 0 Å². The predicted octanol–water partition coefficient (Wildman–Crippen LogP) is 2.93. The van der Waals surface area contributed by atoms with E-state index in [4.69, 9.17) is 4.74 Å². The number of anilines is 2. The fourth-order valence-corrected chi connectivity index (χ4v) is 2.94. The minimum absolute atomic E-state index is 0.0226. The fourth-order valence-electron chi connectivity index (χ4n) is 2.94. The number of fused-ring (bicyclic) bond motifs is 1. The number of carbonyl (C=O) groups is 2. The quantitative estimate of drug-likeness (QED) is 0.518. The van der Waals surface area contributed by atoms with Crippen LogP contribution in [0.5, 0.6) is 0 Å². The third-order valence-corrected chi connectivity index (χ3v) is 4.20. The van der Waals surface area contributed by atoms with Gasteiger partial charge in [-0.1, -0.05) is 24.3 Å². The molecule has 0 saturated carbocycles. The van der Waals surface area contributed by atoms with Crippen molar-refractivity contribution in [2.45, 2.75) is 27.3 Å². The molecule has 0 atom stereocenters. The SMILES string of the molecule is CCOC(=O)c1nn(CC)c(=O)c(Nc2cncc3ccccc23)c1C(C)=O. The zero-order valence-corrected chi connectivity index (χ0v) is 15.9. The van der Waals surface area contributed by atoms with Gasteiger partial charge in [0.2, 0.25) is 0 Å². The van der Waals surface area contributed by atoms with Gasteiger partial charge >= 0.3 is 5.97 Å². The summed E-state index contributed by atoms with van der Waals surface area (Å²) in [6.07, 6.45) is 3.26. The Morgan fingerprint density at radius 1 is 1.18 bits per heavy atom. The van der Waals surface area contributed by atoms with Crippen molar-refractivity contribution in [3.63, 3.8) is 0 Å². The van der Waals surface area contributed by atoms with Gasteiger partial charge in [-0.05, 0) is 20.8 Å². The Bertz CT molecular complexity index is 1120. The molecular weight excluding hydrogens is 360 g/mol. The first-order chi connectivity index (χ1) is 13.5.